The number of hydrogen-bond acceptors (Lipinski definition) is 3. The standard InChI is InChI=1S/C14H17NO2S/c1-3-9-15(10-7-8-10)11-5-4-6-12(18-2)13(11)14(16)17/h3-6,10H,1,7-9H2,2H3,(H,16,17). The van der Waals surface area contributed by atoms with E-state index in [1.165, 1.54) is 11.8 Å². The van der Waals surface area contributed by atoms with Crippen molar-refractivity contribution >= 4 is 23.4 Å². The Morgan fingerprint density at radius 1 is 1.61 bits per heavy atom. The van der Waals surface area contributed by atoms with E-state index in [4.69, 9.17) is 0 Å². The summed E-state index contributed by atoms with van der Waals surface area (Å²) in [5, 5.41) is 9.43. The monoisotopic (exact) mass is 263 g/mol. The first-order valence-corrected chi connectivity index (χ1v) is 7.19. The smallest absolute Gasteiger partial charge is 0.338 e. The number of carbonyl (C=O) groups is 1. The van der Waals surface area contributed by atoms with Crippen molar-refractivity contribution in [2.45, 2.75) is 23.8 Å². The van der Waals surface area contributed by atoms with Gasteiger partial charge in [-0.25, -0.2) is 4.79 Å². The molecule has 0 saturated heterocycles. The number of nitrogens with zero attached hydrogens (tertiary/aromatic N) is 1. The molecule has 1 fully saturated rings. The Morgan fingerprint density at radius 3 is 2.83 bits per heavy atom. The van der Waals surface area contributed by atoms with E-state index in [1.54, 1.807) is 0 Å². The summed E-state index contributed by atoms with van der Waals surface area (Å²) in [7, 11) is 0. The van der Waals surface area contributed by atoms with Gasteiger partial charge in [-0.1, -0.05) is 12.1 Å². The maximum absolute atomic E-state index is 11.5. The normalized spacial score (nSPS) is 14.3. The Kier molecular flexibility index (Phi) is 3.97. The van der Waals surface area contributed by atoms with Crippen molar-refractivity contribution in [2.75, 3.05) is 17.7 Å². The molecule has 96 valence electrons. The topological polar surface area (TPSA) is 40.5 Å². The molecule has 1 aliphatic carbocycles. The van der Waals surface area contributed by atoms with Crippen LogP contribution in [0.2, 0.25) is 0 Å². The third-order valence-corrected chi connectivity index (χ3v) is 3.84. The Morgan fingerprint density at radius 2 is 2.33 bits per heavy atom. The summed E-state index contributed by atoms with van der Waals surface area (Å²) in [5.41, 5.74) is 1.23. The Bertz CT molecular complexity index is 469. The van der Waals surface area contributed by atoms with Crippen molar-refractivity contribution in [3.8, 4) is 0 Å². The van der Waals surface area contributed by atoms with Crippen LogP contribution in [0.25, 0.3) is 0 Å². The van der Waals surface area contributed by atoms with Crippen LogP contribution in [0, 0.1) is 0 Å². The highest BCUT2D eigenvalue weighted by Gasteiger charge is 2.31. The maximum atomic E-state index is 11.5. The van der Waals surface area contributed by atoms with Crippen molar-refractivity contribution in [2.24, 2.45) is 0 Å². The van der Waals surface area contributed by atoms with E-state index in [0.29, 0.717) is 18.2 Å². The van der Waals surface area contributed by atoms with Gasteiger partial charge in [0.25, 0.3) is 0 Å². The van der Waals surface area contributed by atoms with Crippen molar-refractivity contribution in [3.63, 3.8) is 0 Å². The molecule has 1 aliphatic rings. The molecule has 0 aliphatic heterocycles. The van der Waals surface area contributed by atoms with Gasteiger partial charge in [0.1, 0.15) is 0 Å². The molecule has 0 bridgehead atoms. The quantitative estimate of drug-likeness (QED) is 0.631. The largest absolute Gasteiger partial charge is 0.478 e. The van der Waals surface area contributed by atoms with Crippen molar-refractivity contribution < 1.29 is 9.90 Å². The highest BCUT2D eigenvalue weighted by molar-refractivity contribution is 7.98. The summed E-state index contributed by atoms with van der Waals surface area (Å²) in [6, 6.07) is 6.14. The second kappa shape index (κ2) is 5.48. The van der Waals surface area contributed by atoms with Crippen LogP contribution in [0.3, 0.4) is 0 Å². The minimum atomic E-state index is -0.857. The molecular weight excluding hydrogens is 246 g/mol. The molecule has 0 unspecified atom stereocenters. The van der Waals surface area contributed by atoms with Gasteiger partial charge < -0.3 is 10.0 Å². The molecule has 0 amide bonds. The van der Waals surface area contributed by atoms with Gasteiger partial charge in [-0.05, 0) is 31.2 Å². The summed E-state index contributed by atoms with van der Waals surface area (Å²) < 4.78 is 0. The molecule has 0 aromatic heterocycles. The first kappa shape index (κ1) is 13.0. The predicted molar refractivity (Wildman–Crippen MR) is 75.7 cm³/mol. The van der Waals surface area contributed by atoms with E-state index in [9.17, 15) is 9.90 Å². The van der Waals surface area contributed by atoms with Gasteiger partial charge in [0.2, 0.25) is 0 Å². The third kappa shape index (κ3) is 2.53. The van der Waals surface area contributed by atoms with E-state index in [-0.39, 0.29) is 0 Å². The lowest BCUT2D eigenvalue weighted by Gasteiger charge is -2.25. The number of thioether (sulfide) groups is 1. The maximum Gasteiger partial charge on any atom is 0.338 e. The molecule has 2 rings (SSSR count). The number of carboxylic acids is 1. The molecule has 3 nitrogen and oxygen atoms in total. The lowest BCUT2D eigenvalue weighted by Crippen LogP contribution is -2.27. The first-order chi connectivity index (χ1) is 8.69. The molecule has 0 radical (unpaired) electrons. The summed E-state index contributed by atoms with van der Waals surface area (Å²) in [5.74, 6) is -0.857. The van der Waals surface area contributed by atoms with Crippen molar-refractivity contribution in [1.82, 2.24) is 0 Å². The average molecular weight is 263 g/mol. The van der Waals surface area contributed by atoms with E-state index in [1.807, 2.05) is 30.5 Å². The van der Waals surface area contributed by atoms with Gasteiger partial charge in [-0.2, -0.15) is 0 Å². The molecule has 4 heteroatoms. The summed E-state index contributed by atoms with van der Waals surface area (Å²) in [6.45, 7) is 4.46. The van der Waals surface area contributed by atoms with Crippen LogP contribution in [-0.4, -0.2) is 29.9 Å². The van der Waals surface area contributed by atoms with Crippen molar-refractivity contribution in [3.05, 3.63) is 36.4 Å². The van der Waals surface area contributed by atoms with E-state index in [0.717, 1.165) is 23.4 Å². The fourth-order valence-corrected chi connectivity index (χ4v) is 2.72. The van der Waals surface area contributed by atoms with E-state index >= 15 is 0 Å². The summed E-state index contributed by atoms with van der Waals surface area (Å²) >= 11 is 1.47. The van der Waals surface area contributed by atoms with Crippen LogP contribution in [-0.2, 0) is 0 Å². The number of rotatable bonds is 6. The number of anilines is 1. The molecule has 1 aromatic carbocycles. The van der Waals surface area contributed by atoms with Gasteiger partial charge >= 0.3 is 5.97 Å². The highest BCUT2D eigenvalue weighted by atomic mass is 32.2. The fourth-order valence-electron chi connectivity index (χ4n) is 2.11. The van der Waals surface area contributed by atoms with Gasteiger partial charge in [0.15, 0.2) is 0 Å². The predicted octanol–water partition coefficient (Wildman–Crippen LogP) is 3.26. The number of carboxylic acid groups (broad SMARTS) is 1. The van der Waals surface area contributed by atoms with Gasteiger partial charge in [-0.3, -0.25) is 0 Å². The average Bonchev–Trinajstić information content (AvgIpc) is 3.19. The SMILES string of the molecule is C=CCN(c1cccc(SC)c1C(=O)O)C1CC1. The Hall–Kier alpha value is -1.42. The van der Waals surface area contributed by atoms with Crippen molar-refractivity contribution in [1.29, 1.82) is 0 Å². The summed E-state index contributed by atoms with van der Waals surface area (Å²) in [6.07, 6.45) is 6.00. The first-order valence-electron chi connectivity index (χ1n) is 5.97. The second-order valence-corrected chi connectivity index (χ2v) is 5.18. The van der Waals surface area contributed by atoms with Crippen LogP contribution in [0.1, 0.15) is 23.2 Å². The summed E-state index contributed by atoms with van der Waals surface area (Å²) in [4.78, 5) is 14.5. The molecule has 0 atom stereocenters. The van der Waals surface area contributed by atoms with Crippen LogP contribution in [0.15, 0.2) is 35.7 Å². The molecular formula is C14H17NO2S. The van der Waals surface area contributed by atoms with Gasteiger partial charge in [0.05, 0.1) is 11.3 Å². The van der Waals surface area contributed by atoms with Crippen LogP contribution in [0.5, 0.6) is 0 Å². The second-order valence-electron chi connectivity index (χ2n) is 4.33. The van der Waals surface area contributed by atoms with Gasteiger partial charge in [-0.15, -0.1) is 18.3 Å². The lowest BCUT2D eigenvalue weighted by molar-refractivity contribution is 0.0694. The molecule has 1 saturated carbocycles. The Labute approximate surface area is 111 Å². The van der Waals surface area contributed by atoms with Crippen LogP contribution < -0.4 is 4.90 Å². The van der Waals surface area contributed by atoms with Gasteiger partial charge in [0, 0.05) is 17.5 Å². The number of aromatic carboxylic acids is 1. The highest BCUT2D eigenvalue weighted by Crippen LogP contribution is 2.36. The van der Waals surface area contributed by atoms with E-state index < -0.39 is 5.97 Å². The third-order valence-electron chi connectivity index (χ3n) is 3.06. The fraction of sp³-hybridized carbons (Fsp3) is 0.357. The number of hydrogen-bond donors (Lipinski definition) is 1. The zero-order valence-electron chi connectivity index (χ0n) is 10.4. The minimum Gasteiger partial charge on any atom is -0.478 e. The Balaban J connectivity index is 2.46. The molecule has 1 N–H and O–H groups in total. The minimum absolute atomic E-state index is 0.416. The zero-order chi connectivity index (χ0) is 13.1. The number of benzene rings is 1. The van der Waals surface area contributed by atoms with Crippen LogP contribution in [0.4, 0.5) is 5.69 Å². The molecule has 0 heterocycles. The lowest BCUT2D eigenvalue weighted by atomic mass is 10.1. The van der Waals surface area contributed by atoms with E-state index in [2.05, 4.69) is 11.5 Å². The zero-order valence-corrected chi connectivity index (χ0v) is 11.2. The molecule has 0 spiro atoms. The molecule has 1 aromatic rings. The molecule has 18 heavy (non-hydrogen) atoms. The van der Waals surface area contributed by atoms with Crippen LogP contribution >= 0.6 is 11.8 Å².